The molecule has 0 spiro atoms. The van der Waals surface area contributed by atoms with E-state index in [1.807, 2.05) is 30.4 Å². The summed E-state index contributed by atoms with van der Waals surface area (Å²) in [5.74, 6) is 1.17. The number of nitrogens with zero attached hydrogens (tertiary/aromatic N) is 4. The summed E-state index contributed by atoms with van der Waals surface area (Å²) in [5.41, 5.74) is 1.67. The standard InChI is InChI=1S/C27H23ClN4O4S2/c1-27(2)12-19-21(13-36-27)38-24-22(19)23(34)31(17-8-10-18(35-3)11-9-17)25-29-30-26(32(24)25)37-14-20(33)15-4-6-16(28)7-5-15/h4-11H,12-14H2,1-3H3. The van der Waals surface area contributed by atoms with Crippen molar-refractivity contribution >= 4 is 56.5 Å². The van der Waals surface area contributed by atoms with Gasteiger partial charge in [-0.1, -0.05) is 23.4 Å². The molecule has 8 nitrogen and oxygen atoms in total. The Morgan fingerprint density at radius 1 is 1.16 bits per heavy atom. The molecule has 0 radical (unpaired) electrons. The number of hydrogen-bond donors (Lipinski definition) is 0. The molecule has 0 atom stereocenters. The predicted octanol–water partition coefficient (Wildman–Crippen LogP) is 5.58. The van der Waals surface area contributed by atoms with E-state index in [1.165, 1.54) is 23.1 Å². The maximum Gasteiger partial charge on any atom is 0.268 e. The first-order valence-electron chi connectivity index (χ1n) is 11.9. The van der Waals surface area contributed by atoms with Crippen LogP contribution in [-0.4, -0.2) is 43.4 Å². The van der Waals surface area contributed by atoms with Crippen molar-refractivity contribution < 1.29 is 14.3 Å². The van der Waals surface area contributed by atoms with Gasteiger partial charge in [0.05, 0.1) is 36.1 Å². The first kappa shape index (κ1) is 25.1. The maximum absolute atomic E-state index is 14.1. The fourth-order valence-electron chi connectivity index (χ4n) is 4.61. The summed E-state index contributed by atoms with van der Waals surface area (Å²) in [6.07, 6.45) is 0.616. The smallest absolute Gasteiger partial charge is 0.268 e. The largest absolute Gasteiger partial charge is 0.497 e. The van der Waals surface area contributed by atoms with Crippen LogP contribution in [0.5, 0.6) is 5.75 Å². The summed E-state index contributed by atoms with van der Waals surface area (Å²) in [5, 5.41) is 10.6. The SMILES string of the molecule is COc1ccc(-n2c(=O)c3c4c(sc3n3c(SCC(=O)c5ccc(Cl)cc5)nnc23)COC(C)(C)C4)cc1. The van der Waals surface area contributed by atoms with Crippen LogP contribution in [0.4, 0.5) is 0 Å². The number of aromatic nitrogens is 4. The van der Waals surface area contributed by atoms with Crippen LogP contribution in [0.2, 0.25) is 5.02 Å². The van der Waals surface area contributed by atoms with E-state index in [1.54, 1.807) is 48.1 Å². The van der Waals surface area contributed by atoms with E-state index in [4.69, 9.17) is 21.1 Å². The van der Waals surface area contributed by atoms with Gasteiger partial charge in [0.15, 0.2) is 10.9 Å². The van der Waals surface area contributed by atoms with E-state index in [2.05, 4.69) is 10.2 Å². The van der Waals surface area contributed by atoms with Gasteiger partial charge in [0.2, 0.25) is 5.78 Å². The monoisotopic (exact) mass is 566 g/mol. The number of ketones is 1. The van der Waals surface area contributed by atoms with Gasteiger partial charge < -0.3 is 9.47 Å². The second-order valence-electron chi connectivity index (χ2n) is 9.58. The lowest BCUT2D eigenvalue weighted by Crippen LogP contribution is -2.32. The number of carbonyl (C=O) groups is 1. The molecular formula is C27H23ClN4O4S2. The third-order valence-corrected chi connectivity index (χ3v) is 8.91. The van der Waals surface area contributed by atoms with Crippen LogP contribution in [-0.2, 0) is 17.8 Å². The number of halogens is 1. The van der Waals surface area contributed by atoms with Gasteiger partial charge in [-0.05, 0) is 67.9 Å². The Morgan fingerprint density at radius 3 is 2.61 bits per heavy atom. The number of benzene rings is 2. The van der Waals surface area contributed by atoms with Crippen molar-refractivity contribution in [1.29, 1.82) is 0 Å². The molecule has 5 aromatic rings. The predicted molar refractivity (Wildman–Crippen MR) is 150 cm³/mol. The zero-order valence-electron chi connectivity index (χ0n) is 20.9. The highest BCUT2D eigenvalue weighted by Crippen LogP contribution is 2.39. The van der Waals surface area contributed by atoms with Crippen molar-refractivity contribution in [1.82, 2.24) is 19.2 Å². The quantitative estimate of drug-likeness (QED) is 0.196. The highest BCUT2D eigenvalue weighted by atomic mass is 35.5. The average Bonchev–Trinajstić information content (AvgIpc) is 3.49. The molecule has 0 aliphatic carbocycles. The number of rotatable bonds is 6. The molecule has 4 heterocycles. The van der Waals surface area contributed by atoms with Gasteiger partial charge in [-0.2, -0.15) is 0 Å². The maximum atomic E-state index is 14.1. The van der Waals surface area contributed by atoms with Gasteiger partial charge >= 0.3 is 0 Å². The number of carbonyl (C=O) groups excluding carboxylic acids is 1. The molecule has 38 heavy (non-hydrogen) atoms. The first-order valence-corrected chi connectivity index (χ1v) is 14.1. The minimum absolute atomic E-state index is 0.0521. The number of thioether (sulfide) groups is 1. The van der Waals surface area contributed by atoms with Crippen LogP contribution in [0.3, 0.4) is 0 Å². The van der Waals surface area contributed by atoms with E-state index in [-0.39, 0.29) is 22.7 Å². The van der Waals surface area contributed by atoms with Crippen molar-refractivity contribution in [2.45, 2.75) is 37.6 Å². The normalized spacial score (nSPS) is 14.6. The average molecular weight is 567 g/mol. The topological polar surface area (TPSA) is 87.7 Å². The molecular weight excluding hydrogens is 544 g/mol. The lowest BCUT2D eigenvalue weighted by molar-refractivity contribution is -0.0379. The van der Waals surface area contributed by atoms with Gasteiger partial charge in [0.25, 0.3) is 5.56 Å². The second kappa shape index (κ2) is 9.53. The van der Waals surface area contributed by atoms with Crippen molar-refractivity contribution in [2.24, 2.45) is 0 Å². The second-order valence-corrected chi connectivity index (χ2v) is 12.0. The molecule has 0 amide bonds. The molecule has 194 valence electrons. The molecule has 0 saturated heterocycles. The Morgan fingerprint density at radius 2 is 1.89 bits per heavy atom. The van der Waals surface area contributed by atoms with Crippen LogP contribution in [0, 0.1) is 0 Å². The van der Waals surface area contributed by atoms with E-state index < -0.39 is 0 Å². The third-order valence-electron chi connectivity index (χ3n) is 6.53. The lowest BCUT2D eigenvalue weighted by atomic mass is 9.94. The van der Waals surface area contributed by atoms with Gasteiger partial charge in [0, 0.05) is 21.9 Å². The Balaban J connectivity index is 1.52. The van der Waals surface area contributed by atoms with Crippen LogP contribution in [0.1, 0.15) is 34.6 Å². The fourth-order valence-corrected chi connectivity index (χ4v) is 6.84. The molecule has 0 N–H and O–H groups in total. The molecule has 1 aliphatic heterocycles. The van der Waals surface area contributed by atoms with Gasteiger partial charge in [-0.3, -0.25) is 9.59 Å². The number of Topliss-reactive ketones (excluding diaryl/α,β-unsaturated/α-hetero) is 1. The minimum atomic E-state index is -0.386. The Labute approximate surface area is 231 Å². The number of hydrogen-bond acceptors (Lipinski definition) is 8. The minimum Gasteiger partial charge on any atom is -0.497 e. The summed E-state index contributed by atoms with van der Waals surface area (Å²) >= 11 is 8.77. The summed E-state index contributed by atoms with van der Waals surface area (Å²) in [6, 6.07) is 14.1. The third kappa shape index (κ3) is 4.31. The fraction of sp³-hybridized carbons (Fsp3) is 0.259. The van der Waals surface area contributed by atoms with Crippen LogP contribution in [0.15, 0.2) is 58.5 Å². The highest BCUT2D eigenvalue weighted by molar-refractivity contribution is 7.99. The van der Waals surface area contributed by atoms with E-state index in [0.29, 0.717) is 51.4 Å². The molecule has 11 heteroatoms. The molecule has 0 saturated carbocycles. The van der Waals surface area contributed by atoms with E-state index >= 15 is 0 Å². The Hall–Kier alpha value is -3.18. The molecule has 0 bridgehead atoms. The highest BCUT2D eigenvalue weighted by Gasteiger charge is 2.32. The molecule has 6 rings (SSSR count). The van der Waals surface area contributed by atoms with Crippen molar-refractivity contribution in [2.75, 3.05) is 12.9 Å². The zero-order chi connectivity index (χ0) is 26.6. The summed E-state index contributed by atoms with van der Waals surface area (Å²) < 4.78 is 14.8. The van der Waals surface area contributed by atoms with E-state index in [0.717, 1.165) is 15.3 Å². The number of fused-ring (bicyclic) bond motifs is 5. The van der Waals surface area contributed by atoms with Crippen molar-refractivity contribution in [3.8, 4) is 11.4 Å². The Kier molecular flexibility index (Phi) is 6.30. The van der Waals surface area contributed by atoms with Crippen LogP contribution >= 0.6 is 34.7 Å². The summed E-state index contributed by atoms with van der Waals surface area (Å²) in [4.78, 5) is 28.7. The van der Waals surface area contributed by atoms with Gasteiger partial charge in [0.1, 0.15) is 10.6 Å². The summed E-state index contributed by atoms with van der Waals surface area (Å²) in [6.45, 7) is 4.50. The Bertz CT molecular complexity index is 1760. The number of ether oxygens (including phenoxy) is 2. The lowest BCUT2D eigenvalue weighted by Gasteiger charge is -2.29. The summed E-state index contributed by atoms with van der Waals surface area (Å²) in [7, 11) is 1.60. The molecule has 0 unspecified atom stereocenters. The van der Waals surface area contributed by atoms with Crippen LogP contribution < -0.4 is 10.3 Å². The van der Waals surface area contributed by atoms with Gasteiger partial charge in [-0.15, -0.1) is 21.5 Å². The van der Waals surface area contributed by atoms with Crippen molar-refractivity contribution in [3.05, 3.63) is 79.9 Å². The zero-order valence-corrected chi connectivity index (χ0v) is 23.2. The van der Waals surface area contributed by atoms with E-state index in [9.17, 15) is 9.59 Å². The number of thiophene rings is 1. The molecule has 1 aliphatic rings. The number of methoxy groups -OCH3 is 1. The van der Waals surface area contributed by atoms with Crippen molar-refractivity contribution in [3.63, 3.8) is 0 Å². The molecule has 2 aromatic carbocycles. The molecule has 3 aromatic heterocycles. The molecule has 0 fully saturated rings. The van der Waals surface area contributed by atoms with Gasteiger partial charge in [-0.25, -0.2) is 8.97 Å². The first-order chi connectivity index (χ1) is 18.3. The van der Waals surface area contributed by atoms with Crippen LogP contribution in [0.25, 0.3) is 21.7 Å².